The van der Waals surface area contributed by atoms with Crippen molar-refractivity contribution in [1.82, 2.24) is 4.90 Å². The normalized spacial score (nSPS) is 11.9. The molecule has 0 aliphatic carbocycles. The first-order valence-corrected chi connectivity index (χ1v) is 8.68. The number of hydrogen-bond donors (Lipinski definition) is 0. The van der Waals surface area contributed by atoms with Crippen molar-refractivity contribution in [3.05, 3.63) is 59.7 Å². The smallest absolute Gasteiger partial charge is 0.337 e. The van der Waals surface area contributed by atoms with Crippen LogP contribution >= 0.6 is 0 Å². The SMILES string of the molecule is COC(=O)c1ccc(OCCN(C)C(C)Cc2ccc(OC)cc2)cc1. The molecule has 0 N–H and O–H groups in total. The van der Waals surface area contributed by atoms with E-state index in [1.807, 2.05) is 12.1 Å². The molecule has 0 saturated heterocycles. The minimum absolute atomic E-state index is 0.344. The average Bonchev–Trinajstić information content (AvgIpc) is 2.68. The molecule has 5 nitrogen and oxygen atoms in total. The Bertz CT molecular complexity index is 682. The molecule has 0 spiro atoms. The van der Waals surface area contributed by atoms with Gasteiger partial charge < -0.3 is 14.2 Å². The first-order chi connectivity index (χ1) is 12.5. The highest BCUT2D eigenvalue weighted by atomic mass is 16.5. The monoisotopic (exact) mass is 357 g/mol. The molecule has 0 aromatic heterocycles. The molecule has 2 aromatic carbocycles. The summed E-state index contributed by atoms with van der Waals surface area (Å²) in [5, 5.41) is 0. The molecule has 2 rings (SSSR count). The molecular weight excluding hydrogens is 330 g/mol. The lowest BCUT2D eigenvalue weighted by atomic mass is 10.1. The Morgan fingerprint density at radius 3 is 2.19 bits per heavy atom. The van der Waals surface area contributed by atoms with Gasteiger partial charge in [0.05, 0.1) is 19.8 Å². The minimum atomic E-state index is -0.344. The number of nitrogens with zero attached hydrogens (tertiary/aromatic N) is 1. The van der Waals surface area contributed by atoms with Gasteiger partial charge in [0.15, 0.2) is 0 Å². The molecule has 1 unspecified atom stereocenters. The first kappa shape index (κ1) is 19.8. The standard InChI is InChI=1S/C21H27NO4/c1-16(15-17-5-9-19(24-3)10-6-17)22(2)13-14-26-20-11-7-18(8-12-20)21(23)25-4/h5-12,16H,13-15H2,1-4H3. The molecule has 2 aromatic rings. The van der Waals surface area contributed by atoms with Gasteiger partial charge in [-0.3, -0.25) is 4.90 Å². The number of methoxy groups -OCH3 is 2. The van der Waals surface area contributed by atoms with Crippen LogP contribution in [-0.2, 0) is 11.2 Å². The fraction of sp³-hybridized carbons (Fsp3) is 0.381. The highest BCUT2D eigenvalue weighted by molar-refractivity contribution is 5.89. The predicted molar refractivity (Wildman–Crippen MR) is 102 cm³/mol. The Kier molecular flexibility index (Phi) is 7.48. The Morgan fingerprint density at radius 1 is 1.00 bits per heavy atom. The summed E-state index contributed by atoms with van der Waals surface area (Å²) in [6.45, 7) is 3.60. The van der Waals surface area contributed by atoms with Crippen LogP contribution in [0.1, 0.15) is 22.8 Å². The van der Waals surface area contributed by atoms with Gasteiger partial charge in [0.2, 0.25) is 0 Å². The van der Waals surface area contributed by atoms with Crippen molar-refractivity contribution < 1.29 is 19.0 Å². The van der Waals surface area contributed by atoms with Crippen molar-refractivity contribution in [2.45, 2.75) is 19.4 Å². The average molecular weight is 357 g/mol. The molecule has 0 fully saturated rings. The Labute approximate surface area is 155 Å². The third-order valence-electron chi connectivity index (χ3n) is 4.43. The van der Waals surface area contributed by atoms with Crippen molar-refractivity contribution in [3.8, 4) is 11.5 Å². The van der Waals surface area contributed by atoms with Crippen LogP contribution in [0.2, 0.25) is 0 Å². The fourth-order valence-electron chi connectivity index (χ4n) is 2.59. The van der Waals surface area contributed by atoms with E-state index in [0.29, 0.717) is 18.2 Å². The van der Waals surface area contributed by atoms with Crippen molar-refractivity contribution in [1.29, 1.82) is 0 Å². The Morgan fingerprint density at radius 2 is 1.62 bits per heavy atom. The lowest BCUT2D eigenvalue weighted by Gasteiger charge is -2.24. The van der Waals surface area contributed by atoms with E-state index in [-0.39, 0.29) is 5.97 Å². The molecule has 0 heterocycles. The van der Waals surface area contributed by atoms with Crippen LogP contribution in [-0.4, -0.2) is 51.3 Å². The van der Waals surface area contributed by atoms with Crippen molar-refractivity contribution in [2.75, 3.05) is 34.4 Å². The van der Waals surface area contributed by atoms with Crippen molar-refractivity contribution in [2.24, 2.45) is 0 Å². The van der Waals surface area contributed by atoms with E-state index < -0.39 is 0 Å². The van der Waals surface area contributed by atoms with Crippen molar-refractivity contribution in [3.63, 3.8) is 0 Å². The zero-order chi connectivity index (χ0) is 18.9. The molecule has 0 aliphatic heterocycles. The number of carbonyl (C=O) groups excluding carboxylic acids is 1. The van der Waals surface area contributed by atoms with Crippen molar-refractivity contribution >= 4 is 5.97 Å². The summed E-state index contributed by atoms with van der Waals surface area (Å²) in [6, 6.07) is 15.6. The molecule has 0 bridgehead atoms. The maximum atomic E-state index is 11.4. The number of carbonyl (C=O) groups is 1. The lowest BCUT2D eigenvalue weighted by Crippen LogP contribution is -2.34. The molecule has 5 heteroatoms. The molecule has 1 atom stereocenters. The number of ether oxygens (including phenoxy) is 3. The minimum Gasteiger partial charge on any atom is -0.497 e. The fourth-order valence-corrected chi connectivity index (χ4v) is 2.59. The second kappa shape index (κ2) is 9.82. The van der Waals surface area contributed by atoms with Gasteiger partial charge in [0.25, 0.3) is 0 Å². The van der Waals surface area contributed by atoms with Gasteiger partial charge in [-0.15, -0.1) is 0 Å². The second-order valence-corrected chi connectivity index (χ2v) is 6.25. The van der Waals surface area contributed by atoms with Crippen LogP contribution in [0.5, 0.6) is 11.5 Å². The first-order valence-electron chi connectivity index (χ1n) is 8.68. The molecule has 0 radical (unpaired) electrons. The quantitative estimate of drug-likeness (QED) is 0.644. The summed E-state index contributed by atoms with van der Waals surface area (Å²) in [6.07, 6.45) is 0.967. The topological polar surface area (TPSA) is 48.0 Å². The largest absolute Gasteiger partial charge is 0.497 e. The molecule has 0 amide bonds. The Hall–Kier alpha value is -2.53. The van der Waals surface area contributed by atoms with E-state index in [9.17, 15) is 4.79 Å². The lowest BCUT2D eigenvalue weighted by molar-refractivity contribution is 0.0600. The van der Waals surface area contributed by atoms with Gasteiger partial charge in [0, 0.05) is 12.6 Å². The van der Waals surface area contributed by atoms with Gasteiger partial charge >= 0.3 is 5.97 Å². The summed E-state index contributed by atoms with van der Waals surface area (Å²) in [4.78, 5) is 13.7. The summed E-state index contributed by atoms with van der Waals surface area (Å²) < 4.78 is 15.6. The number of hydrogen-bond acceptors (Lipinski definition) is 5. The summed E-state index contributed by atoms with van der Waals surface area (Å²) in [5.41, 5.74) is 1.80. The number of benzene rings is 2. The molecule has 0 aliphatic rings. The van der Waals surface area contributed by atoms with Gasteiger partial charge in [-0.1, -0.05) is 12.1 Å². The zero-order valence-electron chi connectivity index (χ0n) is 15.9. The van der Waals surface area contributed by atoms with Crippen LogP contribution in [0.3, 0.4) is 0 Å². The third-order valence-corrected chi connectivity index (χ3v) is 4.43. The predicted octanol–water partition coefficient (Wildman–Crippen LogP) is 3.42. The third kappa shape index (κ3) is 5.77. The van der Waals surface area contributed by atoms with E-state index in [1.54, 1.807) is 31.4 Å². The van der Waals surface area contributed by atoms with Crippen LogP contribution in [0.25, 0.3) is 0 Å². The molecule has 26 heavy (non-hydrogen) atoms. The van der Waals surface area contributed by atoms with E-state index >= 15 is 0 Å². The van der Waals surface area contributed by atoms with Gasteiger partial charge in [-0.2, -0.15) is 0 Å². The van der Waals surface area contributed by atoms with Gasteiger partial charge in [0.1, 0.15) is 18.1 Å². The van der Waals surface area contributed by atoms with Crippen LogP contribution in [0, 0.1) is 0 Å². The van der Waals surface area contributed by atoms with Crippen LogP contribution in [0.4, 0.5) is 0 Å². The van der Waals surface area contributed by atoms with Crippen LogP contribution in [0.15, 0.2) is 48.5 Å². The molecule has 0 saturated carbocycles. The van der Waals surface area contributed by atoms with Gasteiger partial charge in [-0.25, -0.2) is 4.79 Å². The number of esters is 1. The van der Waals surface area contributed by atoms with Gasteiger partial charge in [-0.05, 0) is 62.4 Å². The molecule has 140 valence electrons. The zero-order valence-corrected chi connectivity index (χ0v) is 15.9. The highest BCUT2D eigenvalue weighted by Gasteiger charge is 2.10. The second-order valence-electron chi connectivity index (χ2n) is 6.25. The summed E-state index contributed by atoms with van der Waals surface area (Å²) in [5.74, 6) is 1.28. The molecular formula is C21H27NO4. The van der Waals surface area contributed by atoms with E-state index in [1.165, 1.54) is 12.7 Å². The van der Waals surface area contributed by atoms with E-state index in [0.717, 1.165) is 24.5 Å². The van der Waals surface area contributed by atoms with E-state index in [4.69, 9.17) is 9.47 Å². The van der Waals surface area contributed by atoms with Crippen LogP contribution < -0.4 is 9.47 Å². The van der Waals surface area contributed by atoms with E-state index in [2.05, 4.69) is 35.7 Å². The Balaban J connectivity index is 1.76. The summed E-state index contributed by atoms with van der Waals surface area (Å²) in [7, 11) is 5.14. The summed E-state index contributed by atoms with van der Waals surface area (Å²) >= 11 is 0. The number of rotatable bonds is 9. The maximum absolute atomic E-state index is 11.4. The number of likely N-dealkylation sites (N-methyl/N-ethyl adjacent to an activating group) is 1. The highest BCUT2D eigenvalue weighted by Crippen LogP contribution is 2.15. The maximum Gasteiger partial charge on any atom is 0.337 e.